The second kappa shape index (κ2) is 6.54. The van der Waals surface area contributed by atoms with Gasteiger partial charge >= 0.3 is 0 Å². The minimum atomic E-state index is 0.134. The number of hydrogen-bond donors (Lipinski definition) is 0. The second-order valence-electron chi connectivity index (χ2n) is 4.86. The predicted molar refractivity (Wildman–Crippen MR) is 98.8 cm³/mol. The summed E-state index contributed by atoms with van der Waals surface area (Å²) in [7, 11) is 0. The van der Waals surface area contributed by atoms with Crippen molar-refractivity contribution in [2.24, 2.45) is 0 Å². The van der Waals surface area contributed by atoms with E-state index in [0.717, 1.165) is 11.4 Å². The van der Waals surface area contributed by atoms with Crippen LogP contribution in [0.15, 0.2) is 36.4 Å². The Labute approximate surface area is 158 Å². The number of nitrogens with zero attached hydrogens (tertiary/aromatic N) is 2. The third kappa shape index (κ3) is 2.95. The Bertz CT molecular complexity index is 858. The van der Waals surface area contributed by atoms with Gasteiger partial charge in [0.05, 0.1) is 42.2 Å². The topological polar surface area (TPSA) is 17.8 Å². The van der Waals surface area contributed by atoms with E-state index in [4.69, 9.17) is 58.0 Å². The van der Waals surface area contributed by atoms with Crippen LogP contribution in [0.2, 0.25) is 25.1 Å². The molecule has 0 atom stereocenters. The first-order valence-electron chi connectivity index (χ1n) is 6.55. The third-order valence-electron chi connectivity index (χ3n) is 3.30. The first kappa shape index (κ1) is 16.9. The van der Waals surface area contributed by atoms with Crippen LogP contribution in [0.3, 0.4) is 0 Å². The maximum atomic E-state index is 6.38. The molecule has 3 rings (SSSR count). The monoisotopic (exact) mass is 404 g/mol. The van der Waals surface area contributed by atoms with Crippen LogP contribution in [-0.4, -0.2) is 9.78 Å². The zero-order chi connectivity index (χ0) is 16.7. The van der Waals surface area contributed by atoms with Gasteiger partial charge in [-0.25, -0.2) is 4.68 Å². The van der Waals surface area contributed by atoms with Crippen molar-refractivity contribution in [2.75, 3.05) is 0 Å². The summed E-state index contributed by atoms with van der Waals surface area (Å²) in [6.45, 7) is 1.88. The average Bonchev–Trinajstić information content (AvgIpc) is 2.93. The van der Waals surface area contributed by atoms with Crippen LogP contribution < -0.4 is 0 Å². The summed E-state index contributed by atoms with van der Waals surface area (Å²) >= 11 is 31.2. The molecule has 0 unspecified atom stereocenters. The highest BCUT2D eigenvalue weighted by Gasteiger charge is 2.23. The average molecular weight is 407 g/mol. The van der Waals surface area contributed by atoms with E-state index in [-0.39, 0.29) is 25.1 Å². The Hall–Kier alpha value is -0.900. The van der Waals surface area contributed by atoms with Crippen LogP contribution in [0.4, 0.5) is 0 Å². The van der Waals surface area contributed by atoms with E-state index in [1.54, 1.807) is 4.68 Å². The number of rotatable bonds is 2. The smallest absolute Gasteiger partial charge is 0.0809 e. The minimum Gasteiger partial charge on any atom is -0.233 e. The first-order chi connectivity index (χ1) is 10.9. The molecular formula is C16H9Cl5N2. The Morgan fingerprint density at radius 2 is 1.30 bits per heavy atom. The quantitative estimate of drug-likeness (QED) is 0.327. The van der Waals surface area contributed by atoms with Crippen LogP contribution in [0.5, 0.6) is 0 Å². The number of para-hydroxylation sites is 1. The molecule has 2 aromatic carbocycles. The van der Waals surface area contributed by atoms with E-state index in [9.17, 15) is 0 Å². The number of benzene rings is 2. The molecule has 0 aliphatic heterocycles. The van der Waals surface area contributed by atoms with Crippen LogP contribution in [0, 0.1) is 6.92 Å². The molecule has 0 N–H and O–H groups in total. The summed E-state index contributed by atoms with van der Waals surface area (Å²) in [5.41, 5.74) is 2.85. The normalized spacial score (nSPS) is 11.0. The van der Waals surface area contributed by atoms with Gasteiger partial charge in [0.15, 0.2) is 0 Å². The van der Waals surface area contributed by atoms with E-state index in [1.807, 2.05) is 43.3 Å². The Morgan fingerprint density at radius 3 is 1.87 bits per heavy atom. The molecule has 0 amide bonds. The zero-order valence-electron chi connectivity index (χ0n) is 11.7. The Morgan fingerprint density at radius 1 is 0.783 bits per heavy atom. The molecule has 1 aromatic heterocycles. The number of hydrogen-bond acceptors (Lipinski definition) is 1. The predicted octanol–water partition coefficient (Wildman–Crippen LogP) is 7.11. The standard InChI is InChI=1S/C16H9Cl5N2/c1-8-7-10(23(22-8)9-5-3-2-4-6-9)11-12(17)14(19)16(21)15(20)13(11)18/h2-7H,1H3. The van der Waals surface area contributed by atoms with E-state index >= 15 is 0 Å². The summed E-state index contributed by atoms with van der Waals surface area (Å²) in [4.78, 5) is 0. The van der Waals surface area contributed by atoms with Gasteiger partial charge in [0.25, 0.3) is 0 Å². The molecule has 0 aliphatic carbocycles. The number of aromatic nitrogens is 2. The lowest BCUT2D eigenvalue weighted by Crippen LogP contribution is -2.00. The highest BCUT2D eigenvalue weighted by molar-refractivity contribution is 6.56. The van der Waals surface area contributed by atoms with Crippen molar-refractivity contribution in [3.8, 4) is 16.9 Å². The van der Waals surface area contributed by atoms with Gasteiger partial charge in [-0.05, 0) is 25.1 Å². The molecular weight excluding hydrogens is 397 g/mol. The molecule has 118 valence electrons. The zero-order valence-corrected chi connectivity index (χ0v) is 15.5. The summed E-state index contributed by atoms with van der Waals surface area (Å²) in [6.07, 6.45) is 0. The van der Waals surface area contributed by atoms with Crippen molar-refractivity contribution < 1.29 is 0 Å². The lowest BCUT2D eigenvalue weighted by atomic mass is 10.1. The van der Waals surface area contributed by atoms with Crippen LogP contribution >= 0.6 is 58.0 Å². The summed E-state index contributed by atoms with van der Waals surface area (Å²) in [5.74, 6) is 0. The highest BCUT2D eigenvalue weighted by atomic mass is 35.5. The van der Waals surface area contributed by atoms with Crippen molar-refractivity contribution in [2.45, 2.75) is 6.92 Å². The number of aryl methyl sites for hydroxylation is 1. The van der Waals surface area contributed by atoms with E-state index in [0.29, 0.717) is 11.3 Å². The van der Waals surface area contributed by atoms with Crippen LogP contribution in [0.1, 0.15) is 5.69 Å². The molecule has 23 heavy (non-hydrogen) atoms. The van der Waals surface area contributed by atoms with E-state index < -0.39 is 0 Å². The van der Waals surface area contributed by atoms with Crippen LogP contribution in [0.25, 0.3) is 16.9 Å². The molecule has 0 saturated heterocycles. The fraction of sp³-hybridized carbons (Fsp3) is 0.0625. The highest BCUT2D eigenvalue weighted by Crippen LogP contribution is 2.48. The molecule has 2 nitrogen and oxygen atoms in total. The second-order valence-corrected chi connectivity index (χ2v) is 6.75. The van der Waals surface area contributed by atoms with Crippen LogP contribution in [-0.2, 0) is 0 Å². The van der Waals surface area contributed by atoms with Gasteiger partial charge in [-0.2, -0.15) is 5.10 Å². The van der Waals surface area contributed by atoms with Gasteiger partial charge in [-0.15, -0.1) is 0 Å². The summed E-state index contributed by atoms with van der Waals surface area (Å²) < 4.78 is 1.74. The van der Waals surface area contributed by atoms with Gasteiger partial charge in [0.2, 0.25) is 0 Å². The maximum absolute atomic E-state index is 6.38. The Kier molecular flexibility index (Phi) is 4.82. The Balaban J connectivity index is 2.34. The summed E-state index contributed by atoms with van der Waals surface area (Å²) in [6, 6.07) is 11.5. The van der Waals surface area contributed by atoms with Gasteiger partial charge < -0.3 is 0 Å². The largest absolute Gasteiger partial charge is 0.233 e. The van der Waals surface area contributed by atoms with Crippen molar-refractivity contribution in [1.29, 1.82) is 0 Å². The van der Waals surface area contributed by atoms with Crippen molar-refractivity contribution in [3.05, 3.63) is 67.2 Å². The number of halogens is 5. The third-order valence-corrected chi connectivity index (χ3v) is 5.57. The molecule has 1 heterocycles. The first-order valence-corrected chi connectivity index (χ1v) is 8.44. The molecule has 0 aliphatic rings. The maximum Gasteiger partial charge on any atom is 0.0809 e. The SMILES string of the molecule is Cc1cc(-c2c(Cl)c(Cl)c(Cl)c(Cl)c2Cl)n(-c2ccccc2)n1. The molecule has 0 spiro atoms. The summed E-state index contributed by atoms with van der Waals surface area (Å²) in [5, 5.41) is 5.44. The van der Waals surface area contributed by atoms with Gasteiger partial charge in [0.1, 0.15) is 0 Å². The van der Waals surface area contributed by atoms with Crippen molar-refractivity contribution >= 4 is 58.0 Å². The van der Waals surface area contributed by atoms with Crippen molar-refractivity contribution in [3.63, 3.8) is 0 Å². The fourth-order valence-electron chi connectivity index (χ4n) is 2.27. The van der Waals surface area contributed by atoms with Gasteiger partial charge in [-0.3, -0.25) is 0 Å². The lowest BCUT2D eigenvalue weighted by molar-refractivity contribution is 0.869. The molecule has 7 heteroatoms. The minimum absolute atomic E-state index is 0.134. The van der Waals surface area contributed by atoms with Crippen molar-refractivity contribution in [1.82, 2.24) is 9.78 Å². The molecule has 0 saturated carbocycles. The van der Waals surface area contributed by atoms with Gasteiger partial charge in [-0.1, -0.05) is 76.2 Å². The van der Waals surface area contributed by atoms with Gasteiger partial charge in [0, 0.05) is 5.56 Å². The lowest BCUT2D eigenvalue weighted by Gasteiger charge is -2.14. The molecule has 0 fully saturated rings. The fourth-order valence-corrected chi connectivity index (χ4v) is 3.61. The van der Waals surface area contributed by atoms with E-state index in [1.165, 1.54) is 0 Å². The molecule has 0 radical (unpaired) electrons. The van der Waals surface area contributed by atoms with E-state index in [2.05, 4.69) is 5.10 Å². The molecule has 3 aromatic rings. The molecule has 0 bridgehead atoms.